The summed E-state index contributed by atoms with van der Waals surface area (Å²) in [5, 5.41) is 9.27. The molecule has 0 aromatic carbocycles. The summed E-state index contributed by atoms with van der Waals surface area (Å²) in [6.45, 7) is 0. The number of nitrogens with zero attached hydrogens (tertiary/aromatic N) is 2. The Balaban J connectivity index is 2.49. The zero-order valence-electron chi connectivity index (χ0n) is 7.64. The van der Waals surface area contributed by atoms with Crippen LogP contribution in [-0.4, -0.2) is 21.0 Å². The highest BCUT2D eigenvalue weighted by Crippen LogP contribution is 2.07. The van der Waals surface area contributed by atoms with Gasteiger partial charge in [0.15, 0.2) is 5.65 Å². The molecule has 0 spiro atoms. The van der Waals surface area contributed by atoms with E-state index in [0.717, 1.165) is 5.39 Å². The Bertz CT molecular complexity index is 582. The maximum Gasteiger partial charge on any atom is 0.382 e. The van der Waals surface area contributed by atoms with Gasteiger partial charge in [-0.1, -0.05) is 0 Å². The Labute approximate surface area is 85.6 Å². The van der Waals surface area contributed by atoms with Crippen LogP contribution in [0.1, 0.15) is 5.69 Å². The van der Waals surface area contributed by atoms with E-state index in [1.165, 1.54) is 0 Å². The van der Waals surface area contributed by atoms with Crippen molar-refractivity contribution in [3.05, 3.63) is 36.2 Å². The molecule has 0 atom stereocenters. The summed E-state index contributed by atoms with van der Waals surface area (Å²) in [6, 6.07) is 7.16. The van der Waals surface area contributed by atoms with Crippen LogP contribution in [0.3, 0.4) is 0 Å². The van der Waals surface area contributed by atoms with E-state index in [-0.39, 0.29) is 0 Å². The van der Waals surface area contributed by atoms with Gasteiger partial charge in [0.05, 0.1) is 0 Å². The van der Waals surface area contributed by atoms with Crippen LogP contribution in [0.2, 0.25) is 0 Å². The molecule has 0 aliphatic rings. The van der Waals surface area contributed by atoms with Crippen LogP contribution in [0, 0.1) is 11.8 Å². The van der Waals surface area contributed by atoms with Gasteiger partial charge in [-0.25, -0.2) is 14.8 Å². The second-order valence-electron chi connectivity index (χ2n) is 2.80. The van der Waals surface area contributed by atoms with Gasteiger partial charge in [0.25, 0.3) is 0 Å². The van der Waals surface area contributed by atoms with Gasteiger partial charge in [-0.05, 0) is 30.2 Å². The molecule has 15 heavy (non-hydrogen) atoms. The van der Waals surface area contributed by atoms with E-state index in [1.54, 1.807) is 18.3 Å². The number of aliphatic carboxylic acids is 1. The fraction of sp³-hybridized carbons (Fsp3) is 0. The third-order valence-electron chi connectivity index (χ3n) is 1.76. The fourth-order valence-corrected chi connectivity index (χ4v) is 1.14. The van der Waals surface area contributed by atoms with E-state index in [0.29, 0.717) is 11.3 Å². The first-order valence-electron chi connectivity index (χ1n) is 4.22. The summed E-state index contributed by atoms with van der Waals surface area (Å²) in [4.78, 5) is 18.4. The van der Waals surface area contributed by atoms with Crippen molar-refractivity contribution in [3.8, 4) is 11.8 Å². The normalized spacial score (nSPS) is 9.33. The van der Waals surface area contributed by atoms with Gasteiger partial charge in [-0.15, -0.1) is 0 Å². The van der Waals surface area contributed by atoms with Crippen LogP contribution in [0.15, 0.2) is 30.5 Å². The second-order valence-corrected chi connectivity index (χ2v) is 2.80. The van der Waals surface area contributed by atoms with Gasteiger partial charge in [0, 0.05) is 17.5 Å². The van der Waals surface area contributed by atoms with Crippen molar-refractivity contribution in [2.45, 2.75) is 0 Å². The predicted molar refractivity (Wildman–Crippen MR) is 54.1 cm³/mol. The number of rotatable bonds is 0. The lowest BCUT2D eigenvalue weighted by Gasteiger charge is -1.94. The molecule has 2 aromatic heterocycles. The molecular weight excluding hydrogens is 192 g/mol. The van der Waals surface area contributed by atoms with Crippen molar-refractivity contribution in [2.75, 3.05) is 0 Å². The van der Waals surface area contributed by atoms with E-state index >= 15 is 0 Å². The molecule has 0 radical (unpaired) electrons. The molecule has 2 rings (SSSR count). The minimum atomic E-state index is -1.17. The summed E-state index contributed by atoms with van der Waals surface area (Å²) in [5.74, 6) is 3.27. The molecule has 1 N–H and O–H groups in total. The van der Waals surface area contributed by atoms with Gasteiger partial charge >= 0.3 is 5.97 Å². The summed E-state index contributed by atoms with van der Waals surface area (Å²) < 4.78 is 0. The molecule has 72 valence electrons. The standard InChI is InChI=1S/C11H6N2O2/c14-10(15)6-5-9-4-3-8-2-1-7-12-11(8)13-9/h1-4,7H,(H,14,15). The Morgan fingerprint density at radius 1 is 1.33 bits per heavy atom. The molecule has 0 bridgehead atoms. The largest absolute Gasteiger partial charge is 0.472 e. The van der Waals surface area contributed by atoms with Crippen LogP contribution < -0.4 is 0 Å². The van der Waals surface area contributed by atoms with Crippen molar-refractivity contribution in [3.63, 3.8) is 0 Å². The molecule has 0 aliphatic carbocycles. The van der Waals surface area contributed by atoms with Gasteiger partial charge in [-0.3, -0.25) is 0 Å². The highest BCUT2D eigenvalue weighted by molar-refractivity contribution is 5.87. The highest BCUT2D eigenvalue weighted by Gasteiger charge is 1.95. The van der Waals surface area contributed by atoms with E-state index in [4.69, 9.17) is 5.11 Å². The van der Waals surface area contributed by atoms with Crippen molar-refractivity contribution < 1.29 is 9.90 Å². The number of pyridine rings is 2. The number of carboxylic acids is 1. The Kier molecular flexibility index (Phi) is 2.30. The average Bonchev–Trinajstić information content (AvgIpc) is 2.26. The number of hydrogen-bond donors (Lipinski definition) is 1. The maximum absolute atomic E-state index is 10.2. The zero-order chi connectivity index (χ0) is 10.7. The molecule has 2 aromatic rings. The van der Waals surface area contributed by atoms with E-state index in [2.05, 4.69) is 15.9 Å². The third kappa shape index (κ3) is 2.09. The average molecular weight is 198 g/mol. The van der Waals surface area contributed by atoms with E-state index < -0.39 is 5.97 Å². The zero-order valence-corrected chi connectivity index (χ0v) is 7.64. The van der Waals surface area contributed by atoms with Gasteiger partial charge in [0.1, 0.15) is 5.69 Å². The van der Waals surface area contributed by atoms with Crippen LogP contribution in [-0.2, 0) is 4.79 Å². The third-order valence-corrected chi connectivity index (χ3v) is 1.76. The molecule has 4 nitrogen and oxygen atoms in total. The fourth-order valence-electron chi connectivity index (χ4n) is 1.14. The van der Waals surface area contributed by atoms with Gasteiger partial charge in [-0.2, -0.15) is 0 Å². The molecule has 0 aliphatic heterocycles. The Hall–Kier alpha value is -2.41. The Morgan fingerprint density at radius 3 is 3.00 bits per heavy atom. The number of fused-ring (bicyclic) bond motifs is 1. The summed E-state index contributed by atoms with van der Waals surface area (Å²) >= 11 is 0. The first-order valence-corrected chi connectivity index (χ1v) is 4.22. The Morgan fingerprint density at radius 2 is 2.20 bits per heavy atom. The van der Waals surface area contributed by atoms with Crippen molar-refractivity contribution in [1.82, 2.24) is 9.97 Å². The predicted octanol–water partition coefficient (Wildman–Crippen LogP) is 1.07. The number of aromatic nitrogens is 2. The van der Waals surface area contributed by atoms with Crippen LogP contribution in [0.4, 0.5) is 0 Å². The molecule has 0 amide bonds. The lowest BCUT2D eigenvalue weighted by atomic mass is 10.2. The van der Waals surface area contributed by atoms with Crippen molar-refractivity contribution in [2.24, 2.45) is 0 Å². The summed E-state index contributed by atoms with van der Waals surface area (Å²) in [5.41, 5.74) is 0.971. The highest BCUT2D eigenvalue weighted by atomic mass is 16.4. The monoisotopic (exact) mass is 198 g/mol. The second kappa shape index (κ2) is 3.76. The summed E-state index contributed by atoms with van der Waals surface area (Å²) in [6.07, 6.45) is 1.63. The molecule has 0 unspecified atom stereocenters. The summed E-state index contributed by atoms with van der Waals surface area (Å²) in [7, 11) is 0. The molecular formula is C11H6N2O2. The number of carbonyl (C=O) groups is 1. The molecule has 2 heterocycles. The van der Waals surface area contributed by atoms with Gasteiger partial charge < -0.3 is 5.11 Å². The smallest absolute Gasteiger partial charge is 0.382 e. The number of hydrogen-bond acceptors (Lipinski definition) is 3. The SMILES string of the molecule is O=C(O)C#Cc1ccc2cccnc2n1. The van der Waals surface area contributed by atoms with Crippen molar-refractivity contribution in [1.29, 1.82) is 0 Å². The number of carboxylic acid groups (broad SMARTS) is 1. The van der Waals surface area contributed by atoms with Crippen LogP contribution in [0.25, 0.3) is 11.0 Å². The molecule has 0 fully saturated rings. The maximum atomic E-state index is 10.2. The van der Waals surface area contributed by atoms with Gasteiger partial charge in [0.2, 0.25) is 0 Å². The lowest BCUT2D eigenvalue weighted by molar-refractivity contribution is -0.130. The van der Waals surface area contributed by atoms with Crippen molar-refractivity contribution >= 4 is 17.0 Å². The molecule has 4 heteroatoms. The topological polar surface area (TPSA) is 63.1 Å². The first kappa shape index (κ1) is 9.16. The minimum absolute atomic E-state index is 0.406. The van der Waals surface area contributed by atoms with Crippen LogP contribution >= 0.6 is 0 Å². The van der Waals surface area contributed by atoms with Crippen LogP contribution in [0.5, 0.6) is 0 Å². The van der Waals surface area contributed by atoms with E-state index in [1.807, 2.05) is 18.1 Å². The lowest BCUT2D eigenvalue weighted by Crippen LogP contribution is -1.90. The molecule has 0 saturated carbocycles. The first-order chi connectivity index (χ1) is 7.25. The molecule has 0 saturated heterocycles. The quantitative estimate of drug-likeness (QED) is 0.643. The minimum Gasteiger partial charge on any atom is -0.472 e. The van der Waals surface area contributed by atoms with E-state index in [9.17, 15) is 4.79 Å².